The molecule has 0 spiro atoms. The second-order valence-electron chi connectivity index (χ2n) is 7.45. The zero-order chi connectivity index (χ0) is 21.7. The van der Waals surface area contributed by atoms with Crippen LogP contribution in [-0.4, -0.2) is 22.4 Å². The van der Waals surface area contributed by atoms with Gasteiger partial charge in [0.05, 0.1) is 18.5 Å². The summed E-state index contributed by atoms with van der Waals surface area (Å²) in [5.74, 6) is 1.42. The van der Waals surface area contributed by atoms with Gasteiger partial charge in [-0.1, -0.05) is 31.4 Å². The topological polar surface area (TPSA) is 72.2 Å². The zero-order valence-electron chi connectivity index (χ0n) is 16.8. The molecule has 4 rings (SSSR count). The summed E-state index contributed by atoms with van der Waals surface area (Å²) in [4.78, 5) is 9.11. The second kappa shape index (κ2) is 9.28. The third-order valence-electron chi connectivity index (χ3n) is 5.05. The predicted molar refractivity (Wildman–Crippen MR) is 111 cm³/mol. The first kappa shape index (κ1) is 21.0. The summed E-state index contributed by atoms with van der Waals surface area (Å²) in [5.41, 5.74) is 0.986. The lowest BCUT2D eigenvalue weighted by Crippen LogP contribution is -2.23. The van der Waals surface area contributed by atoms with Gasteiger partial charge in [0, 0.05) is 17.7 Å². The summed E-state index contributed by atoms with van der Waals surface area (Å²) in [6.45, 7) is 0.420. The van der Waals surface area contributed by atoms with E-state index in [2.05, 4.69) is 25.3 Å². The van der Waals surface area contributed by atoms with Gasteiger partial charge in [-0.05, 0) is 37.1 Å². The molecule has 0 bridgehead atoms. The van der Waals surface area contributed by atoms with Gasteiger partial charge in [0.25, 0.3) is 0 Å². The van der Waals surface area contributed by atoms with Crippen LogP contribution in [0.1, 0.15) is 37.9 Å². The highest BCUT2D eigenvalue weighted by Gasteiger charge is 2.31. The average Bonchev–Trinajstić information content (AvgIpc) is 3.26. The molecule has 31 heavy (non-hydrogen) atoms. The number of halogens is 3. The molecule has 1 aliphatic rings. The highest BCUT2D eigenvalue weighted by Crippen LogP contribution is 2.29. The molecule has 9 heteroatoms. The fourth-order valence-electron chi connectivity index (χ4n) is 3.62. The fourth-order valence-corrected chi connectivity index (χ4v) is 3.62. The Bertz CT molecular complexity index is 987. The van der Waals surface area contributed by atoms with E-state index >= 15 is 0 Å². The maximum Gasteiger partial charge on any atom is 0.573 e. The number of alkyl halides is 3. The van der Waals surface area contributed by atoms with Gasteiger partial charge in [-0.2, -0.15) is 4.98 Å². The molecule has 0 aliphatic heterocycles. The monoisotopic (exact) mass is 432 g/mol. The molecule has 0 amide bonds. The summed E-state index contributed by atoms with van der Waals surface area (Å²) >= 11 is 0. The molecule has 1 saturated carbocycles. The summed E-state index contributed by atoms with van der Waals surface area (Å²) in [5, 5.41) is 6.57. The number of aromatic nitrogens is 2. The van der Waals surface area contributed by atoms with Crippen molar-refractivity contribution in [1.29, 1.82) is 0 Å². The SMILES string of the molecule is FC(F)(F)Oc1cccc(-c2cc(NCc3ccco3)nc(NC3CCCCC3)n2)c1. The standard InChI is InChI=1S/C22H23F3N4O2/c23-22(24,25)31-17-9-4-6-15(12-17)19-13-20(26-14-18-10-5-11-30-18)29-21(28-19)27-16-7-2-1-3-8-16/h4-6,9-13,16H,1-3,7-8,14H2,(H2,26,27,28,29). The molecule has 0 atom stereocenters. The number of furan rings is 1. The van der Waals surface area contributed by atoms with Gasteiger partial charge in [-0.3, -0.25) is 0 Å². The fraction of sp³-hybridized carbons (Fsp3) is 0.364. The summed E-state index contributed by atoms with van der Waals surface area (Å²) in [6, 6.07) is 11.4. The number of nitrogens with one attached hydrogen (secondary N) is 2. The van der Waals surface area contributed by atoms with E-state index in [9.17, 15) is 13.2 Å². The van der Waals surface area contributed by atoms with Crippen LogP contribution in [0.5, 0.6) is 5.75 Å². The first-order valence-electron chi connectivity index (χ1n) is 10.2. The smallest absolute Gasteiger partial charge is 0.467 e. The van der Waals surface area contributed by atoms with Crippen molar-refractivity contribution in [2.24, 2.45) is 0 Å². The molecular formula is C22H23F3N4O2. The van der Waals surface area contributed by atoms with Crippen LogP contribution in [0.3, 0.4) is 0 Å². The van der Waals surface area contributed by atoms with Crippen molar-refractivity contribution in [2.75, 3.05) is 10.6 Å². The Morgan fingerprint density at radius 3 is 2.61 bits per heavy atom. The first-order valence-corrected chi connectivity index (χ1v) is 10.2. The van der Waals surface area contributed by atoms with Crippen molar-refractivity contribution >= 4 is 11.8 Å². The number of benzene rings is 1. The summed E-state index contributed by atoms with van der Waals surface area (Å²) in [7, 11) is 0. The highest BCUT2D eigenvalue weighted by molar-refractivity contribution is 5.66. The molecule has 1 aliphatic carbocycles. The molecule has 6 nitrogen and oxygen atoms in total. The molecule has 2 heterocycles. The van der Waals surface area contributed by atoms with E-state index in [1.807, 2.05) is 6.07 Å². The minimum atomic E-state index is -4.76. The molecular weight excluding hydrogens is 409 g/mol. The maximum absolute atomic E-state index is 12.6. The number of nitrogens with zero attached hydrogens (tertiary/aromatic N) is 2. The van der Waals surface area contributed by atoms with E-state index in [0.717, 1.165) is 31.4 Å². The van der Waals surface area contributed by atoms with Crippen LogP contribution >= 0.6 is 0 Å². The van der Waals surface area contributed by atoms with Crippen molar-refractivity contribution in [2.45, 2.75) is 51.1 Å². The molecule has 3 aromatic rings. The Kier molecular flexibility index (Phi) is 6.29. The van der Waals surface area contributed by atoms with Gasteiger partial charge in [0.1, 0.15) is 17.3 Å². The maximum atomic E-state index is 12.6. The zero-order valence-corrected chi connectivity index (χ0v) is 16.8. The largest absolute Gasteiger partial charge is 0.573 e. The lowest BCUT2D eigenvalue weighted by Gasteiger charge is -2.23. The molecule has 0 saturated heterocycles. The molecule has 0 unspecified atom stereocenters. The second-order valence-corrected chi connectivity index (χ2v) is 7.45. The summed E-state index contributed by atoms with van der Waals surface area (Å²) < 4.78 is 47.3. The van der Waals surface area contributed by atoms with Crippen LogP contribution in [0.15, 0.2) is 53.1 Å². The number of hydrogen-bond donors (Lipinski definition) is 2. The first-order chi connectivity index (χ1) is 14.9. The molecule has 1 aromatic carbocycles. The van der Waals surface area contributed by atoms with E-state index in [-0.39, 0.29) is 11.8 Å². The van der Waals surface area contributed by atoms with Gasteiger partial charge in [-0.25, -0.2) is 4.98 Å². The Morgan fingerprint density at radius 2 is 1.87 bits per heavy atom. The normalized spacial score (nSPS) is 14.9. The van der Waals surface area contributed by atoms with Crippen LogP contribution in [-0.2, 0) is 6.54 Å². The van der Waals surface area contributed by atoms with Gasteiger partial charge in [0.15, 0.2) is 0 Å². The van der Waals surface area contributed by atoms with E-state index in [4.69, 9.17) is 4.42 Å². The van der Waals surface area contributed by atoms with Crippen LogP contribution < -0.4 is 15.4 Å². The highest BCUT2D eigenvalue weighted by atomic mass is 19.4. The molecule has 2 N–H and O–H groups in total. The van der Waals surface area contributed by atoms with Gasteiger partial charge >= 0.3 is 6.36 Å². The Labute approximate surface area is 177 Å². The van der Waals surface area contributed by atoms with Crippen LogP contribution in [0.25, 0.3) is 11.3 Å². The van der Waals surface area contributed by atoms with Crippen LogP contribution in [0.2, 0.25) is 0 Å². The average molecular weight is 432 g/mol. The van der Waals surface area contributed by atoms with Crippen molar-refractivity contribution in [1.82, 2.24) is 9.97 Å². The minimum absolute atomic E-state index is 0.279. The third-order valence-corrected chi connectivity index (χ3v) is 5.05. The summed E-state index contributed by atoms with van der Waals surface area (Å²) in [6.07, 6.45) is 2.43. The van der Waals surface area contributed by atoms with Gasteiger partial charge in [0.2, 0.25) is 5.95 Å². The molecule has 1 fully saturated rings. The number of anilines is 2. The van der Waals surface area contributed by atoms with Crippen LogP contribution in [0.4, 0.5) is 24.9 Å². The third kappa shape index (κ3) is 6.13. The lowest BCUT2D eigenvalue weighted by molar-refractivity contribution is -0.274. The van der Waals surface area contributed by atoms with E-state index in [1.54, 1.807) is 24.5 Å². The Morgan fingerprint density at radius 1 is 1.03 bits per heavy atom. The predicted octanol–water partition coefficient (Wildman–Crippen LogP) is 5.99. The van der Waals surface area contributed by atoms with Crippen LogP contribution in [0, 0.1) is 0 Å². The molecule has 2 aromatic heterocycles. The van der Waals surface area contributed by atoms with Crippen molar-refractivity contribution < 1.29 is 22.3 Å². The Balaban J connectivity index is 1.61. The Hall–Kier alpha value is -3.23. The molecule has 164 valence electrons. The van der Waals surface area contributed by atoms with Crippen molar-refractivity contribution in [3.8, 4) is 17.0 Å². The van der Waals surface area contributed by atoms with Gasteiger partial charge in [-0.15, -0.1) is 13.2 Å². The van der Waals surface area contributed by atoms with Gasteiger partial charge < -0.3 is 19.8 Å². The minimum Gasteiger partial charge on any atom is -0.467 e. The van der Waals surface area contributed by atoms with Crippen molar-refractivity contribution in [3.63, 3.8) is 0 Å². The lowest BCUT2D eigenvalue weighted by atomic mass is 9.96. The van der Waals surface area contributed by atoms with E-state index < -0.39 is 6.36 Å². The molecule has 0 radical (unpaired) electrons. The number of ether oxygens (including phenoxy) is 1. The van der Waals surface area contributed by atoms with Crippen molar-refractivity contribution in [3.05, 3.63) is 54.5 Å². The quantitative estimate of drug-likeness (QED) is 0.478. The van der Waals surface area contributed by atoms with E-state index in [1.165, 1.54) is 24.6 Å². The van der Waals surface area contributed by atoms with E-state index in [0.29, 0.717) is 29.6 Å². The number of rotatable bonds is 7. The number of hydrogen-bond acceptors (Lipinski definition) is 6.